The quantitative estimate of drug-likeness (QED) is 0.615. The maximum absolute atomic E-state index is 11.4. The molecule has 1 fully saturated rings. The maximum Gasteiger partial charge on any atom is 0.270 e. The lowest BCUT2D eigenvalue weighted by Gasteiger charge is -2.07. The average Bonchev–Trinajstić information content (AvgIpc) is 3.14. The number of benzene rings is 1. The molecule has 2 N–H and O–H groups in total. The zero-order valence-electron chi connectivity index (χ0n) is 10.2. The summed E-state index contributed by atoms with van der Waals surface area (Å²) in [6, 6.07) is 4.95. The van der Waals surface area contributed by atoms with E-state index in [-0.39, 0.29) is 18.1 Å². The van der Waals surface area contributed by atoms with E-state index in [0.29, 0.717) is 17.1 Å². The number of nitrogens with zero attached hydrogens (tertiary/aromatic N) is 1. The van der Waals surface area contributed by atoms with Gasteiger partial charge in [0.05, 0.1) is 11.5 Å². The third-order valence-corrected chi connectivity index (χ3v) is 3.53. The first kappa shape index (κ1) is 14.0. The van der Waals surface area contributed by atoms with Gasteiger partial charge in [0.15, 0.2) is 0 Å². The van der Waals surface area contributed by atoms with Crippen molar-refractivity contribution in [2.75, 3.05) is 6.54 Å². The number of carbonyl (C=O) groups excluding carboxylic acids is 1. The van der Waals surface area contributed by atoms with Crippen LogP contribution in [0.15, 0.2) is 22.7 Å². The van der Waals surface area contributed by atoms with Gasteiger partial charge >= 0.3 is 0 Å². The summed E-state index contributed by atoms with van der Waals surface area (Å²) in [5, 5.41) is 16.5. The summed E-state index contributed by atoms with van der Waals surface area (Å²) in [5.41, 5.74) is 0.923. The summed E-state index contributed by atoms with van der Waals surface area (Å²) in [6.07, 6.45) is 2.14. The normalized spacial score (nSPS) is 14.2. The molecule has 0 radical (unpaired) electrons. The molecule has 7 heteroatoms. The van der Waals surface area contributed by atoms with Gasteiger partial charge in [-0.3, -0.25) is 14.9 Å². The van der Waals surface area contributed by atoms with E-state index in [9.17, 15) is 14.9 Å². The predicted octanol–water partition coefficient (Wildman–Crippen LogP) is 1.73. The van der Waals surface area contributed by atoms with Crippen LogP contribution in [0.3, 0.4) is 0 Å². The van der Waals surface area contributed by atoms with Crippen molar-refractivity contribution in [3.8, 4) is 0 Å². The lowest BCUT2D eigenvalue weighted by atomic mass is 10.2. The van der Waals surface area contributed by atoms with Gasteiger partial charge in [0.2, 0.25) is 5.91 Å². The van der Waals surface area contributed by atoms with Crippen molar-refractivity contribution in [2.45, 2.75) is 25.4 Å². The number of nitro benzene ring substituents is 1. The van der Waals surface area contributed by atoms with Crippen molar-refractivity contribution in [3.63, 3.8) is 0 Å². The maximum atomic E-state index is 11.4. The van der Waals surface area contributed by atoms with E-state index in [4.69, 9.17) is 0 Å². The van der Waals surface area contributed by atoms with Crippen molar-refractivity contribution in [1.82, 2.24) is 10.6 Å². The molecular weight excluding hydrogens is 314 g/mol. The molecule has 102 valence electrons. The molecular formula is C12H14BrN3O3. The SMILES string of the molecule is O=C(CNCc1ccc([N+](=O)[O-])cc1Br)NC1CC1. The third kappa shape index (κ3) is 4.29. The Morgan fingerprint density at radius 1 is 1.47 bits per heavy atom. The monoisotopic (exact) mass is 327 g/mol. The largest absolute Gasteiger partial charge is 0.352 e. The number of rotatable bonds is 6. The summed E-state index contributed by atoms with van der Waals surface area (Å²) in [5.74, 6) is -0.0134. The first-order chi connectivity index (χ1) is 9.06. The molecule has 0 saturated heterocycles. The highest BCUT2D eigenvalue weighted by Crippen LogP contribution is 2.22. The Bertz CT molecular complexity index is 503. The van der Waals surface area contributed by atoms with Gasteiger partial charge in [-0.2, -0.15) is 0 Å². The second kappa shape index (κ2) is 6.12. The molecule has 1 aromatic carbocycles. The van der Waals surface area contributed by atoms with Crippen molar-refractivity contribution < 1.29 is 9.72 Å². The predicted molar refractivity (Wildman–Crippen MR) is 73.7 cm³/mol. The Hall–Kier alpha value is -1.47. The molecule has 0 unspecified atom stereocenters. The van der Waals surface area contributed by atoms with Gasteiger partial charge in [0, 0.05) is 29.2 Å². The molecule has 1 amide bonds. The number of nitro groups is 1. The number of amides is 1. The first-order valence-corrected chi connectivity index (χ1v) is 6.78. The van der Waals surface area contributed by atoms with Crippen molar-refractivity contribution in [2.24, 2.45) is 0 Å². The Morgan fingerprint density at radius 3 is 2.79 bits per heavy atom. The minimum absolute atomic E-state index is 0.0134. The molecule has 0 spiro atoms. The van der Waals surface area contributed by atoms with Crippen LogP contribution in [-0.4, -0.2) is 23.4 Å². The molecule has 0 atom stereocenters. The fraction of sp³-hybridized carbons (Fsp3) is 0.417. The smallest absolute Gasteiger partial charge is 0.270 e. The van der Waals surface area contributed by atoms with Crippen LogP contribution in [0.25, 0.3) is 0 Å². The van der Waals surface area contributed by atoms with Gasteiger partial charge in [0.25, 0.3) is 5.69 Å². The fourth-order valence-electron chi connectivity index (χ4n) is 1.61. The van der Waals surface area contributed by atoms with Gasteiger partial charge in [0.1, 0.15) is 0 Å². The van der Waals surface area contributed by atoms with Crippen molar-refractivity contribution >= 4 is 27.5 Å². The molecule has 0 aliphatic heterocycles. The molecule has 1 aliphatic rings. The van der Waals surface area contributed by atoms with Gasteiger partial charge < -0.3 is 10.6 Å². The van der Waals surface area contributed by atoms with Crippen molar-refractivity contribution in [3.05, 3.63) is 38.3 Å². The fourth-order valence-corrected chi connectivity index (χ4v) is 2.12. The summed E-state index contributed by atoms with van der Waals surface area (Å²) < 4.78 is 0.664. The van der Waals surface area contributed by atoms with E-state index in [1.165, 1.54) is 12.1 Å². The Balaban J connectivity index is 1.81. The minimum Gasteiger partial charge on any atom is -0.352 e. The van der Waals surface area contributed by atoms with Crippen LogP contribution in [0.2, 0.25) is 0 Å². The van der Waals surface area contributed by atoms with Crippen LogP contribution in [0, 0.1) is 10.1 Å². The highest BCUT2D eigenvalue weighted by atomic mass is 79.9. The summed E-state index contributed by atoms with van der Waals surface area (Å²) >= 11 is 3.29. The summed E-state index contributed by atoms with van der Waals surface area (Å²) in [4.78, 5) is 21.6. The number of carbonyl (C=O) groups is 1. The number of nitrogens with one attached hydrogen (secondary N) is 2. The van der Waals surface area contributed by atoms with E-state index in [2.05, 4.69) is 26.6 Å². The van der Waals surface area contributed by atoms with E-state index >= 15 is 0 Å². The Kier molecular flexibility index (Phi) is 4.49. The molecule has 0 bridgehead atoms. The molecule has 0 heterocycles. The number of halogens is 1. The third-order valence-electron chi connectivity index (χ3n) is 2.79. The second-order valence-electron chi connectivity index (χ2n) is 4.48. The summed E-state index contributed by atoms with van der Waals surface area (Å²) in [7, 11) is 0. The van der Waals surface area contributed by atoms with Gasteiger partial charge in [-0.05, 0) is 24.5 Å². The topological polar surface area (TPSA) is 84.3 Å². The minimum atomic E-state index is -0.439. The zero-order valence-corrected chi connectivity index (χ0v) is 11.8. The molecule has 2 rings (SSSR count). The van der Waals surface area contributed by atoms with E-state index in [1.807, 2.05) is 0 Å². The van der Waals surface area contributed by atoms with E-state index < -0.39 is 4.92 Å². The van der Waals surface area contributed by atoms with Crippen LogP contribution in [0.4, 0.5) is 5.69 Å². The highest BCUT2D eigenvalue weighted by molar-refractivity contribution is 9.10. The number of hydrogen-bond acceptors (Lipinski definition) is 4. The van der Waals surface area contributed by atoms with Gasteiger partial charge in [-0.25, -0.2) is 0 Å². The van der Waals surface area contributed by atoms with Gasteiger partial charge in [-0.1, -0.05) is 15.9 Å². The molecule has 1 saturated carbocycles. The first-order valence-electron chi connectivity index (χ1n) is 5.99. The summed E-state index contributed by atoms with van der Waals surface area (Å²) in [6.45, 7) is 0.733. The van der Waals surface area contributed by atoms with Crippen LogP contribution >= 0.6 is 15.9 Å². The Morgan fingerprint density at radius 2 is 2.21 bits per heavy atom. The molecule has 6 nitrogen and oxygen atoms in total. The highest BCUT2D eigenvalue weighted by Gasteiger charge is 2.22. The molecule has 19 heavy (non-hydrogen) atoms. The average molecular weight is 328 g/mol. The van der Waals surface area contributed by atoms with Crippen LogP contribution in [0.5, 0.6) is 0 Å². The molecule has 1 aliphatic carbocycles. The number of hydrogen-bond donors (Lipinski definition) is 2. The molecule has 1 aromatic rings. The van der Waals surface area contributed by atoms with Crippen LogP contribution in [0.1, 0.15) is 18.4 Å². The van der Waals surface area contributed by atoms with Crippen LogP contribution < -0.4 is 10.6 Å². The van der Waals surface area contributed by atoms with E-state index in [0.717, 1.165) is 18.4 Å². The molecule has 0 aromatic heterocycles. The standard InChI is InChI=1S/C12H14BrN3O3/c13-11-5-10(16(18)19)4-1-8(11)6-14-7-12(17)15-9-2-3-9/h1,4-5,9,14H,2-3,6-7H2,(H,15,17). The second-order valence-corrected chi connectivity index (χ2v) is 5.33. The zero-order chi connectivity index (χ0) is 13.8. The lowest BCUT2D eigenvalue weighted by molar-refractivity contribution is -0.384. The van der Waals surface area contributed by atoms with Crippen molar-refractivity contribution in [1.29, 1.82) is 0 Å². The van der Waals surface area contributed by atoms with E-state index in [1.54, 1.807) is 6.07 Å². The van der Waals surface area contributed by atoms with Crippen LogP contribution in [-0.2, 0) is 11.3 Å². The number of non-ortho nitro benzene ring substituents is 1. The Labute approximate surface area is 118 Å². The lowest BCUT2D eigenvalue weighted by Crippen LogP contribution is -2.34. The van der Waals surface area contributed by atoms with Gasteiger partial charge in [-0.15, -0.1) is 0 Å².